The van der Waals surface area contributed by atoms with Gasteiger partial charge in [0, 0.05) is 6.42 Å². The molecule has 1 aliphatic rings. The first-order valence-corrected chi connectivity index (χ1v) is 2.23. The van der Waals surface area contributed by atoms with Crippen molar-refractivity contribution in [1.82, 2.24) is 5.32 Å². The molecule has 33 valence electrons. The molecule has 1 atom stereocenters. The Morgan fingerprint density at radius 2 is 2.50 bits per heavy atom. The molecule has 1 unspecified atom stereocenters. The zero-order chi connectivity index (χ0) is 4.41. The molecule has 0 aromatic carbocycles. The summed E-state index contributed by atoms with van der Waals surface area (Å²) in [5.41, 5.74) is 0.0324. The maximum Gasteiger partial charge on any atom is 0.108 e. The molecule has 0 aromatic heterocycles. The van der Waals surface area contributed by atoms with Gasteiger partial charge in [0.1, 0.15) is 5.50 Å². The van der Waals surface area contributed by atoms with E-state index in [2.05, 4.69) is 5.32 Å². The van der Waals surface area contributed by atoms with Gasteiger partial charge in [-0.15, -0.1) is 0 Å². The summed E-state index contributed by atoms with van der Waals surface area (Å²) in [6, 6.07) is 0. The lowest BCUT2D eigenvalue weighted by atomic mass is 10.5. The molecule has 0 saturated heterocycles. The minimum absolute atomic E-state index is 0.0324. The van der Waals surface area contributed by atoms with Gasteiger partial charge in [-0.05, 0) is 6.20 Å². The van der Waals surface area contributed by atoms with Gasteiger partial charge in [-0.3, -0.25) is 0 Å². The Kier molecular flexibility index (Phi) is 1.01. The van der Waals surface area contributed by atoms with E-state index in [0.29, 0.717) is 0 Å². The van der Waals surface area contributed by atoms with E-state index in [0.717, 1.165) is 0 Å². The minimum atomic E-state index is 0.0324. The highest BCUT2D eigenvalue weighted by atomic mass is 35.5. The summed E-state index contributed by atoms with van der Waals surface area (Å²) in [7, 11) is 0. The van der Waals surface area contributed by atoms with E-state index in [1.165, 1.54) is 0 Å². The third-order valence-corrected chi connectivity index (χ3v) is 0.903. The van der Waals surface area contributed by atoms with Gasteiger partial charge in [0.05, 0.1) is 0 Å². The summed E-state index contributed by atoms with van der Waals surface area (Å²) in [6.07, 6.45) is 5.58. The van der Waals surface area contributed by atoms with Crippen LogP contribution in [0.4, 0.5) is 0 Å². The third-order valence-electron chi connectivity index (χ3n) is 0.632. The van der Waals surface area contributed by atoms with Crippen molar-refractivity contribution in [2.24, 2.45) is 0 Å². The standard InChI is InChI=1S/C4H5ClN/c5-4-2-1-3-6-4/h1-4,6H. The van der Waals surface area contributed by atoms with Crippen LogP contribution in [0, 0.1) is 6.42 Å². The molecule has 0 amide bonds. The monoisotopic (exact) mass is 102 g/mol. The second-order valence-corrected chi connectivity index (χ2v) is 1.59. The average Bonchev–Trinajstić information content (AvgIpc) is 1.86. The molecule has 0 aliphatic carbocycles. The predicted molar refractivity (Wildman–Crippen MR) is 26.2 cm³/mol. The van der Waals surface area contributed by atoms with Crippen molar-refractivity contribution in [2.75, 3.05) is 0 Å². The number of alkyl halides is 1. The van der Waals surface area contributed by atoms with Crippen LogP contribution in [-0.4, -0.2) is 5.50 Å². The summed E-state index contributed by atoms with van der Waals surface area (Å²) < 4.78 is 0. The number of hydrogen-bond donors (Lipinski definition) is 1. The third kappa shape index (κ3) is 0.658. The largest absolute Gasteiger partial charge is 0.375 e. The molecule has 1 heterocycles. The van der Waals surface area contributed by atoms with Gasteiger partial charge >= 0.3 is 0 Å². The van der Waals surface area contributed by atoms with Gasteiger partial charge in [0.2, 0.25) is 0 Å². The van der Waals surface area contributed by atoms with Gasteiger partial charge < -0.3 is 5.32 Å². The molecule has 0 saturated carbocycles. The molecule has 1 aliphatic heterocycles. The van der Waals surface area contributed by atoms with Crippen molar-refractivity contribution in [2.45, 2.75) is 5.50 Å². The van der Waals surface area contributed by atoms with Crippen LogP contribution in [0.3, 0.4) is 0 Å². The highest BCUT2D eigenvalue weighted by Crippen LogP contribution is 2.01. The van der Waals surface area contributed by atoms with Crippen molar-refractivity contribution < 1.29 is 0 Å². The van der Waals surface area contributed by atoms with Gasteiger partial charge in [-0.25, -0.2) is 0 Å². The predicted octanol–water partition coefficient (Wildman–Crippen LogP) is 0.872. The summed E-state index contributed by atoms with van der Waals surface area (Å²) in [5, 5.41) is 2.85. The fourth-order valence-electron chi connectivity index (χ4n) is 0.356. The molecule has 1 nitrogen and oxygen atoms in total. The molecule has 0 spiro atoms. The van der Waals surface area contributed by atoms with Crippen molar-refractivity contribution in [1.29, 1.82) is 0 Å². The lowest BCUT2D eigenvalue weighted by Gasteiger charge is -1.93. The van der Waals surface area contributed by atoms with Crippen molar-refractivity contribution >= 4 is 11.6 Å². The van der Waals surface area contributed by atoms with Crippen LogP contribution < -0.4 is 5.32 Å². The molecule has 1 N–H and O–H groups in total. The minimum Gasteiger partial charge on any atom is -0.375 e. The lowest BCUT2D eigenvalue weighted by Crippen LogP contribution is -2.10. The SMILES string of the molecule is ClC1[CH]C=CN1. The van der Waals surface area contributed by atoms with Crippen LogP contribution in [0.1, 0.15) is 0 Å². The molecular formula is C4H5ClN. The smallest absolute Gasteiger partial charge is 0.108 e. The van der Waals surface area contributed by atoms with Crippen molar-refractivity contribution in [3.05, 3.63) is 18.7 Å². The Bertz CT molecular complexity index is 61.9. The van der Waals surface area contributed by atoms with Crippen LogP contribution in [0.15, 0.2) is 12.3 Å². The molecule has 6 heavy (non-hydrogen) atoms. The zero-order valence-electron chi connectivity index (χ0n) is 3.19. The summed E-state index contributed by atoms with van der Waals surface area (Å²) in [6.45, 7) is 0. The molecule has 1 rings (SSSR count). The quantitative estimate of drug-likeness (QED) is 0.354. The van der Waals surface area contributed by atoms with Crippen LogP contribution >= 0.6 is 11.6 Å². The summed E-state index contributed by atoms with van der Waals surface area (Å²) in [4.78, 5) is 0. The second kappa shape index (κ2) is 1.52. The average molecular weight is 103 g/mol. The van der Waals surface area contributed by atoms with E-state index < -0.39 is 0 Å². The number of halogens is 1. The first-order valence-electron chi connectivity index (χ1n) is 1.80. The topological polar surface area (TPSA) is 12.0 Å². The van der Waals surface area contributed by atoms with Gasteiger partial charge in [-0.1, -0.05) is 17.7 Å². The van der Waals surface area contributed by atoms with E-state index in [4.69, 9.17) is 11.6 Å². The maximum absolute atomic E-state index is 5.48. The molecular weight excluding hydrogens is 97.5 g/mol. The van der Waals surface area contributed by atoms with Crippen molar-refractivity contribution in [3.63, 3.8) is 0 Å². The Labute approximate surface area is 42.0 Å². The number of rotatable bonds is 0. The summed E-state index contributed by atoms with van der Waals surface area (Å²) >= 11 is 5.48. The Morgan fingerprint density at radius 3 is 2.67 bits per heavy atom. The highest BCUT2D eigenvalue weighted by molar-refractivity contribution is 6.21. The molecule has 0 aromatic rings. The second-order valence-electron chi connectivity index (χ2n) is 1.12. The Balaban J connectivity index is 2.32. The van der Waals surface area contributed by atoms with E-state index in [9.17, 15) is 0 Å². The molecule has 2 heteroatoms. The lowest BCUT2D eigenvalue weighted by molar-refractivity contribution is 0.927. The number of hydrogen-bond acceptors (Lipinski definition) is 1. The van der Waals surface area contributed by atoms with Crippen LogP contribution in [0.2, 0.25) is 0 Å². The van der Waals surface area contributed by atoms with Gasteiger partial charge in [0.15, 0.2) is 0 Å². The number of nitrogens with one attached hydrogen (secondary N) is 1. The zero-order valence-corrected chi connectivity index (χ0v) is 3.94. The maximum atomic E-state index is 5.48. The Morgan fingerprint density at radius 1 is 1.67 bits per heavy atom. The normalized spacial score (nSPS) is 30.5. The molecule has 1 radical (unpaired) electrons. The summed E-state index contributed by atoms with van der Waals surface area (Å²) in [5.74, 6) is 0. The van der Waals surface area contributed by atoms with Crippen LogP contribution in [-0.2, 0) is 0 Å². The first kappa shape index (κ1) is 4.00. The first-order chi connectivity index (χ1) is 2.89. The Hall–Kier alpha value is -0.170. The van der Waals surface area contributed by atoms with Gasteiger partial charge in [0.25, 0.3) is 0 Å². The van der Waals surface area contributed by atoms with E-state index >= 15 is 0 Å². The fourth-order valence-corrected chi connectivity index (χ4v) is 0.513. The van der Waals surface area contributed by atoms with E-state index in [1.54, 1.807) is 0 Å². The van der Waals surface area contributed by atoms with Gasteiger partial charge in [-0.2, -0.15) is 0 Å². The van der Waals surface area contributed by atoms with E-state index in [1.807, 2.05) is 18.7 Å². The van der Waals surface area contributed by atoms with Crippen molar-refractivity contribution in [3.8, 4) is 0 Å². The fraction of sp³-hybridized carbons (Fsp3) is 0.250. The van der Waals surface area contributed by atoms with Crippen LogP contribution in [0.5, 0.6) is 0 Å². The van der Waals surface area contributed by atoms with E-state index in [-0.39, 0.29) is 5.50 Å². The molecule has 0 fully saturated rings. The van der Waals surface area contributed by atoms with Crippen LogP contribution in [0.25, 0.3) is 0 Å². The highest BCUT2D eigenvalue weighted by Gasteiger charge is 2.01. The molecule has 0 bridgehead atoms.